The number of nitrogens with two attached hydrogens (primary N) is 1. The predicted molar refractivity (Wildman–Crippen MR) is 178 cm³/mol. The molecule has 1 spiro atoms. The molecule has 272 valence electrons. The number of nitrogen functional groups attached to an aromatic ring is 1. The van der Waals surface area contributed by atoms with E-state index in [1.807, 2.05) is 4.90 Å². The standard InChI is InChI=1S/C36H39F4N5O6/c1-34(2,3)51-32(47)42-27(22-8-6-9-24(41)17-22)20-45-31(46)30-28(44(33(45)48)18-23-7-4-5-10-26(23)37)21-49-35(30)13-15-43(16-14-35)19-25-11-12-29(50-25)36(38,39)40/h4-12,17,27H,13-16,18-21,41H2,1-3H3,(H,42,47). The lowest BCUT2D eigenvalue weighted by atomic mass is 9.85. The number of ether oxygens (including phenoxy) is 2. The van der Waals surface area contributed by atoms with Crippen LogP contribution in [0.1, 0.15) is 73.6 Å². The third-order valence-electron chi connectivity index (χ3n) is 9.12. The summed E-state index contributed by atoms with van der Waals surface area (Å²) in [5, 5.41) is 2.78. The van der Waals surface area contributed by atoms with Crippen LogP contribution in [0.2, 0.25) is 0 Å². The maximum atomic E-state index is 15.0. The fourth-order valence-corrected chi connectivity index (χ4v) is 6.69. The van der Waals surface area contributed by atoms with Crippen LogP contribution < -0.4 is 22.3 Å². The molecular weight excluding hydrogens is 674 g/mol. The molecule has 2 aromatic carbocycles. The number of nitrogens with one attached hydrogen (secondary N) is 1. The van der Waals surface area contributed by atoms with Crippen molar-refractivity contribution >= 4 is 11.8 Å². The Morgan fingerprint density at radius 2 is 1.73 bits per heavy atom. The highest BCUT2D eigenvalue weighted by Gasteiger charge is 2.47. The minimum atomic E-state index is -4.60. The van der Waals surface area contributed by atoms with Crippen molar-refractivity contribution in [2.45, 2.75) is 83.3 Å². The number of anilines is 1. The molecule has 0 aliphatic carbocycles. The molecule has 51 heavy (non-hydrogen) atoms. The van der Waals surface area contributed by atoms with Gasteiger partial charge in [-0.3, -0.25) is 18.8 Å². The molecule has 0 bridgehead atoms. The first-order chi connectivity index (χ1) is 24.0. The van der Waals surface area contributed by atoms with Crippen molar-refractivity contribution in [3.63, 3.8) is 0 Å². The third kappa shape index (κ3) is 7.73. The van der Waals surface area contributed by atoms with Crippen LogP contribution in [-0.2, 0) is 47.5 Å². The zero-order valence-corrected chi connectivity index (χ0v) is 28.4. The number of benzene rings is 2. The number of aromatic nitrogens is 2. The van der Waals surface area contributed by atoms with Crippen molar-refractivity contribution in [2.24, 2.45) is 0 Å². The average Bonchev–Trinajstić information content (AvgIpc) is 3.67. The van der Waals surface area contributed by atoms with E-state index in [1.165, 1.54) is 22.8 Å². The van der Waals surface area contributed by atoms with Crippen LogP contribution in [0.3, 0.4) is 0 Å². The molecule has 2 aromatic heterocycles. The van der Waals surface area contributed by atoms with Gasteiger partial charge < -0.3 is 24.9 Å². The molecule has 6 rings (SSSR count). The molecule has 0 saturated carbocycles. The summed E-state index contributed by atoms with van der Waals surface area (Å²) in [5.41, 5.74) is 4.46. The summed E-state index contributed by atoms with van der Waals surface area (Å²) in [5.74, 6) is -1.46. The number of likely N-dealkylation sites (tertiary alicyclic amines) is 1. The molecule has 1 atom stereocenters. The molecular formula is C36H39F4N5O6. The fraction of sp³-hybridized carbons (Fsp3) is 0.417. The van der Waals surface area contributed by atoms with Crippen molar-refractivity contribution in [2.75, 3.05) is 18.8 Å². The number of piperidine rings is 1. The number of carbonyl (C=O) groups excluding carboxylic acids is 1. The first kappa shape index (κ1) is 35.9. The molecule has 2 aliphatic rings. The van der Waals surface area contributed by atoms with Crippen LogP contribution >= 0.6 is 0 Å². The number of fused-ring (bicyclic) bond motifs is 2. The maximum absolute atomic E-state index is 15.0. The Kier molecular flexibility index (Phi) is 9.63. The van der Waals surface area contributed by atoms with Gasteiger partial charge >= 0.3 is 18.0 Å². The topological polar surface area (TPSA) is 134 Å². The lowest BCUT2D eigenvalue weighted by molar-refractivity contribution is -0.153. The van der Waals surface area contributed by atoms with Crippen molar-refractivity contribution in [3.8, 4) is 0 Å². The van der Waals surface area contributed by atoms with Crippen molar-refractivity contribution in [3.05, 3.63) is 121 Å². The van der Waals surface area contributed by atoms with Gasteiger partial charge in [-0.15, -0.1) is 0 Å². The summed E-state index contributed by atoms with van der Waals surface area (Å²) in [7, 11) is 0. The van der Waals surface area contributed by atoms with E-state index in [0.717, 1.165) is 10.6 Å². The van der Waals surface area contributed by atoms with Gasteiger partial charge in [0.2, 0.25) is 5.76 Å². The van der Waals surface area contributed by atoms with Gasteiger partial charge in [-0.2, -0.15) is 13.2 Å². The largest absolute Gasteiger partial charge is 0.455 e. The maximum Gasteiger partial charge on any atom is 0.449 e. The van der Waals surface area contributed by atoms with Gasteiger partial charge in [0.05, 0.1) is 43.5 Å². The van der Waals surface area contributed by atoms with Crippen LogP contribution in [-0.4, -0.2) is 38.8 Å². The smallest absolute Gasteiger partial charge is 0.449 e. The van der Waals surface area contributed by atoms with Crippen LogP contribution in [0.15, 0.2) is 74.7 Å². The Hall–Kier alpha value is -4.89. The van der Waals surface area contributed by atoms with Gasteiger partial charge in [0.1, 0.15) is 22.8 Å². The molecule has 11 nitrogen and oxygen atoms in total. The van der Waals surface area contributed by atoms with Gasteiger partial charge in [0, 0.05) is 24.3 Å². The zero-order chi connectivity index (χ0) is 36.7. The summed E-state index contributed by atoms with van der Waals surface area (Å²) in [4.78, 5) is 43.7. The minimum absolute atomic E-state index is 0.0863. The normalized spacial score (nSPS) is 16.6. The Morgan fingerprint density at radius 3 is 2.37 bits per heavy atom. The van der Waals surface area contributed by atoms with Crippen molar-refractivity contribution in [1.29, 1.82) is 0 Å². The highest BCUT2D eigenvalue weighted by molar-refractivity contribution is 5.68. The van der Waals surface area contributed by atoms with E-state index in [2.05, 4.69) is 5.32 Å². The van der Waals surface area contributed by atoms with E-state index in [0.29, 0.717) is 30.0 Å². The third-order valence-corrected chi connectivity index (χ3v) is 9.12. The SMILES string of the molecule is CC(C)(C)OC(=O)NC(Cn1c(=O)c2c(n(Cc3ccccc3F)c1=O)COC21CCN(Cc2ccc(C(F)(F)F)o2)CC1)c1cccc(N)c1. The molecule has 3 N–H and O–H groups in total. The van der Waals surface area contributed by atoms with E-state index in [1.54, 1.807) is 57.2 Å². The molecule has 1 amide bonds. The second kappa shape index (κ2) is 13.7. The number of rotatable bonds is 8. The highest BCUT2D eigenvalue weighted by Crippen LogP contribution is 2.43. The van der Waals surface area contributed by atoms with Crippen LogP contribution in [0, 0.1) is 5.82 Å². The van der Waals surface area contributed by atoms with Gasteiger partial charge in [0.25, 0.3) is 5.56 Å². The van der Waals surface area contributed by atoms with Crippen LogP contribution in [0.25, 0.3) is 0 Å². The molecule has 4 aromatic rings. The number of halogens is 4. The summed E-state index contributed by atoms with van der Waals surface area (Å²) in [6, 6.07) is 13.9. The van der Waals surface area contributed by atoms with E-state index in [4.69, 9.17) is 19.6 Å². The predicted octanol–water partition coefficient (Wildman–Crippen LogP) is 5.68. The van der Waals surface area contributed by atoms with Crippen LogP contribution in [0.5, 0.6) is 0 Å². The van der Waals surface area contributed by atoms with Crippen molar-refractivity contribution in [1.82, 2.24) is 19.4 Å². The summed E-state index contributed by atoms with van der Waals surface area (Å²) in [6.07, 6.45) is -4.80. The van der Waals surface area contributed by atoms with E-state index >= 15 is 0 Å². The fourth-order valence-electron chi connectivity index (χ4n) is 6.69. The van der Waals surface area contributed by atoms with E-state index < -0.39 is 52.3 Å². The molecule has 2 aliphatic heterocycles. The molecule has 4 heterocycles. The summed E-state index contributed by atoms with van der Waals surface area (Å²) >= 11 is 0. The average molecular weight is 714 g/mol. The van der Waals surface area contributed by atoms with Gasteiger partial charge in [0.15, 0.2) is 0 Å². The van der Waals surface area contributed by atoms with Crippen molar-refractivity contribution < 1.29 is 36.2 Å². The summed E-state index contributed by atoms with van der Waals surface area (Å²) < 4.78 is 73.5. The van der Waals surface area contributed by atoms with Gasteiger partial charge in [-0.25, -0.2) is 14.0 Å². The number of furan rings is 1. The lowest BCUT2D eigenvalue weighted by Crippen LogP contribution is -2.50. The number of nitrogens with zero attached hydrogens (tertiary/aromatic N) is 3. The minimum Gasteiger partial charge on any atom is -0.455 e. The number of hydrogen-bond acceptors (Lipinski definition) is 8. The number of hydrogen-bond donors (Lipinski definition) is 2. The Morgan fingerprint density at radius 1 is 1.00 bits per heavy atom. The molecule has 1 fully saturated rings. The quantitative estimate of drug-likeness (QED) is 0.176. The first-order valence-electron chi connectivity index (χ1n) is 16.5. The lowest BCUT2D eigenvalue weighted by Gasteiger charge is -2.38. The monoisotopic (exact) mass is 713 g/mol. The second-order valence-corrected chi connectivity index (χ2v) is 13.9. The van der Waals surface area contributed by atoms with Gasteiger partial charge in [-0.05, 0) is 69.5 Å². The Balaban J connectivity index is 1.38. The number of amides is 1. The van der Waals surface area contributed by atoms with E-state index in [9.17, 15) is 31.9 Å². The molecule has 1 saturated heterocycles. The zero-order valence-electron chi connectivity index (χ0n) is 28.4. The van der Waals surface area contributed by atoms with Crippen LogP contribution in [0.4, 0.5) is 28.0 Å². The Bertz CT molecular complexity index is 2040. The summed E-state index contributed by atoms with van der Waals surface area (Å²) in [6.45, 7) is 5.33. The number of alkyl halides is 3. The van der Waals surface area contributed by atoms with E-state index in [-0.39, 0.29) is 56.0 Å². The number of carbonyl (C=O) groups is 1. The molecule has 0 radical (unpaired) electrons. The molecule has 1 unspecified atom stereocenters. The number of alkyl carbamates (subject to hydrolysis) is 1. The second-order valence-electron chi connectivity index (χ2n) is 13.9. The van der Waals surface area contributed by atoms with Gasteiger partial charge in [-0.1, -0.05) is 30.3 Å². The highest BCUT2D eigenvalue weighted by atomic mass is 19.4. The Labute approximate surface area is 290 Å². The molecule has 15 heteroatoms. The first-order valence-corrected chi connectivity index (χ1v) is 16.5.